The Hall–Kier alpha value is -4.07. The molecule has 0 aliphatic heterocycles. The number of amides is 1. The van der Waals surface area contributed by atoms with Crippen LogP contribution in [0.1, 0.15) is 78.3 Å². The fraction of sp³-hybridized carbons (Fsp3) is 0.406. The molecule has 1 aliphatic carbocycles. The van der Waals surface area contributed by atoms with E-state index in [0.717, 1.165) is 47.7 Å². The van der Waals surface area contributed by atoms with E-state index in [2.05, 4.69) is 0 Å². The molecule has 0 bridgehead atoms. The summed E-state index contributed by atoms with van der Waals surface area (Å²) in [5, 5.41) is 0.893. The molecule has 0 radical (unpaired) electrons. The molecule has 4 rings (SSSR count). The van der Waals surface area contributed by atoms with Crippen molar-refractivity contribution in [2.24, 2.45) is 0 Å². The normalized spacial score (nSPS) is 14.1. The Morgan fingerprint density at radius 1 is 1.02 bits per heavy atom. The Morgan fingerprint density at radius 2 is 1.73 bits per heavy atom. The minimum absolute atomic E-state index is 0.00695. The monoisotopic (exact) mass is 546 g/mol. The minimum atomic E-state index is -0.609. The number of carbonyl (C=O) groups is 3. The number of methoxy groups -OCH3 is 2. The molecule has 2 aromatic carbocycles. The fourth-order valence-electron chi connectivity index (χ4n) is 5.13. The van der Waals surface area contributed by atoms with Gasteiger partial charge in [-0.25, -0.2) is 9.59 Å². The lowest BCUT2D eigenvalue weighted by atomic mass is 10.1. The summed E-state index contributed by atoms with van der Waals surface area (Å²) in [4.78, 5) is 39.7. The van der Waals surface area contributed by atoms with E-state index in [1.165, 1.54) is 13.2 Å². The molecule has 212 valence electrons. The lowest BCUT2D eigenvalue weighted by molar-refractivity contribution is -0.134. The van der Waals surface area contributed by atoms with E-state index < -0.39 is 17.5 Å². The van der Waals surface area contributed by atoms with Crippen molar-refractivity contribution in [1.82, 2.24) is 9.47 Å². The molecule has 0 N–H and O–H groups in total. The van der Waals surface area contributed by atoms with E-state index in [9.17, 15) is 14.4 Å². The second-order valence-corrected chi connectivity index (χ2v) is 11.2. The summed E-state index contributed by atoms with van der Waals surface area (Å²) in [6.07, 6.45) is 9.37. The number of esters is 2. The molecular formula is C32H38N2O6. The average molecular weight is 547 g/mol. The maximum absolute atomic E-state index is 13.4. The molecule has 0 spiro atoms. The maximum atomic E-state index is 13.4. The predicted octanol–water partition coefficient (Wildman–Crippen LogP) is 5.85. The lowest BCUT2D eigenvalue weighted by Crippen LogP contribution is -2.35. The van der Waals surface area contributed by atoms with Crippen molar-refractivity contribution < 1.29 is 28.6 Å². The molecule has 0 unspecified atom stereocenters. The predicted molar refractivity (Wildman–Crippen MR) is 155 cm³/mol. The topological polar surface area (TPSA) is 87.1 Å². The first-order valence-corrected chi connectivity index (χ1v) is 13.6. The first-order valence-electron chi connectivity index (χ1n) is 13.6. The number of benzene rings is 2. The fourth-order valence-corrected chi connectivity index (χ4v) is 5.13. The molecule has 0 atom stereocenters. The minimum Gasteiger partial charge on any atom is -0.496 e. The summed E-state index contributed by atoms with van der Waals surface area (Å²) >= 11 is 0. The van der Waals surface area contributed by atoms with Crippen LogP contribution < -0.4 is 4.74 Å². The van der Waals surface area contributed by atoms with Gasteiger partial charge in [-0.05, 0) is 64.0 Å². The summed E-state index contributed by atoms with van der Waals surface area (Å²) in [5.41, 5.74) is 2.90. The number of hydrogen-bond donors (Lipinski definition) is 0. The van der Waals surface area contributed by atoms with E-state index in [1.807, 2.05) is 67.7 Å². The summed E-state index contributed by atoms with van der Waals surface area (Å²) in [6, 6.07) is 11.2. The van der Waals surface area contributed by atoms with Gasteiger partial charge < -0.3 is 23.7 Å². The lowest BCUT2D eigenvalue weighted by Gasteiger charge is -2.24. The van der Waals surface area contributed by atoms with Crippen molar-refractivity contribution in [3.8, 4) is 5.75 Å². The van der Waals surface area contributed by atoms with Crippen molar-refractivity contribution in [2.45, 2.75) is 64.6 Å². The van der Waals surface area contributed by atoms with Gasteiger partial charge in [-0.15, -0.1) is 0 Å². The zero-order chi connectivity index (χ0) is 29.0. The summed E-state index contributed by atoms with van der Waals surface area (Å²) in [5.74, 6) is -0.337. The third-order valence-corrected chi connectivity index (χ3v) is 7.22. The highest BCUT2D eigenvalue weighted by Crippen LogP contribution is 2.30. The average Bonchev–Trinajstić information content (AvgIpc) is 3.58. The molecule has 1 saturated carbocycles. The van der Waals surface area contributed by atoms with Gasteiger partial charge in [0.15, 0.2) is 0 Å². The van der Waals surface area contributed by atoms with Crippen LogP contribution in [-0.2, 0) is 20.8 Å². The van der Waals surface area contributed by atoms with Gasteiger partial charge in [0.05, 0.1) is 26.3 Å². The molecule has 3 aromatic rings. The highest BCUT2D eigenvalue weighted by molar-refractivity contribution is 6.01. The van der Waals surface area contributed by atoms with Crippen LogP contribution in [0.3, 0.4) is 0 Å². The Bertz CT molecular complexity index is 1440. The highest BCUT2D eigenvalue weighted by atomic mass is 16.6. The summed E-state index contributed by atoms with van der Waals surface area (Å²) in [6.45, 7) is 5.88. The van der Waals surface area contributed by atoms with Crippen LogP contribution in [-0.4, -0.2) is 60.2 Å². The van der Waals surface area contributed by atoms with Crippen molar-refractivity contribution in [3.63, 3.8) is 0 Å². The van der Waals surface area contributed by atoms with Crippen molar-refractivity contribution >= 4 is 34.8 Å². The first kappa shape index (κ1) is 28.9. The Kier molecular flexibility index (Phi) is 8.67. The van der Waals surface area contributed by atoms with Crippen molar-refractivity contribution in [2.75, 3.05) is 21.3 Å². The SMILES string of the molecule is COC(=O)C=Cc1cn(Cc2ccc(C(=O)OC(C)(C)C)cc2OC)c2cc(C(=O)N(C)C3CCCC3)ccc12. The van der Waals surface area contributed by atoms with E-state index in [4.69, 9.17) is 14.2 Å². The Balaban J connectivity index is 1.72. The summed E-state index contributed by atoms with van der Waals surface area (Å²) < 4.78 is 17.9. The van der Waals surface area contributed by atoms with Gasteiger partial charge in [-0.3, -0.25) is 4.79 Å². The number of carbonyl (C=O) groups excluding carboxylic acids is 3. The first-order chi connectivity index (χ1) is 19.0. The van der Waals surface area contributed by atoms with Crippen LogP contribution in [0.2, 0.25) is 0 Å². The van der Waals surface area contributed by atoms with Gasteiger partial charge >= 0.3 is 11.9 Å². The molecule has 8 heteroatoms. The third-order valence-electron chi connectivity index (χ3n) is 7.22. The second-order valence-electron chi connectivity index (χ2n) is 11.2. The van der Waals surface area contributed by atoms with Crippen molar-refractivity contribution in [3.05, 3.63) is 70.9 Å². The zero-order valence-corrected chi connectivity index (χ0v) is 24.2. The molecular weight excluding hydrogens is 508 g/mol. The number of nitrogens with zero attached hydrogens (tertiary/aromatic N) is 2. The molecule has 1 aliphatic rings. The smallest absolute Gasteiger partial charge is 0.338 e. The molecule has 0 saturated heterocycles. The van der Waals surface area contributed by atoms with E-state index in [0.29, 0.717) is 23.4 Å². The van der Waals surface area contributed by atoms with Crippen LogP contribution in [0.25, 0.3) is 17.0 Å². The van der Waals surface area contributed by atoms with Crippen LogP contribution in [0.5, 0.6) is 5.75 Å². The Morgan fingerprint density at radius 3 is 2.38 bits per heavy atom. The van der Waals surface area contributed by atoms with Crippen LogP contribution in [0, 0.1) is 0 Å². The number of aromatic nitrogens is 1. The largest absolute Gasteiger partial charge is 0.496 e. The van der Waals surface area contributed by atoms with Gasteiger partial charge in [0.1, 0.15) is 11.4 Å². The van der Waals surface area contributed by atoms with Crippen LogP contribution in [0.4, 0.5) is 0 Å². The zero-order valence-electron chi connectivity index (χ0n) is 24.2. The van der Waals surface area contributed by atoms with Gasteiger partial charge in [-0.2, -0.15) is 0 Å². The highest BCUT2D eigenvalue weighted by Gasteiger charge is 2.25. The van der Waals surface area contributed by atoms with Gasteiger partial charge in [0.25, 0.3) is 5.91 Å². The number of fused-ring (bicyclic) bond motifs is 1. The Labute approximate surface area is 235 Å². The second kappa shape index (κ2) is 12.0. The number of hydrogen-bond acceptors (Lipinski definition) is 6. The number of ether oxygens (including phenoxy) is 3. The van der Waals surface area contributed by atoms with Crippen LogP contribution >= 0.6 is 0 Å². The summed E-state index contributed by atoms with van der Waals surface area (Å²) in [7, 11) is 4.77. The van der Waals surface area contributed by atoms with Gasteiger partial charge in [0, 0.05) is 53.0 Å². The molecule has 1 heterocycles. The molecule has 40 heavy (non-hydrogen) atoms. The van der Waals surface area contributed by atoms with E-state index in [-0.39, 0.29) is 11.9 Å². The van der Waals surface area contributed by atoms with Gasteiger partial charge in [-0.1, -0.05) is 25.0 Å². The van der Waals surface area contributed by atoms with Crippen molar-refractivity contribution in [1.29, 1.82) is 0 Å². The standard InChI is InChI=1S/C32H38N2O6/c1-32(2,3)40-31(37)22-11-12-24(28(18-22)38-5)20-34-19-23(14-16-29(35)39-6)26-15-13-21(17-27(26)34)30(36)33(4)25-9-7-8-10-25/h11-19,25H,7-10,20H2,1-6H3. The maximum Gasteiger partial charge on any atom is 0.338 e. The molecule has 1 fully saturated rings. The van der Waals surface area contributed by atoms with Gasteiger partial charge in [0.2, 0.25) is 0 Å². The van der Waals surface area contributed by atoms with E-state index >= 15 is 0 Å². The van der Waals surface area contributed by atoms with Crippen LogP contribution in [0.15, 0.2) is 48.7 Å². The molecule has 8 nitrogen and oxygen atoms in total. The number of rotatable bonds is 8. The quantitative estimate of drug-likeness (QED) is 0.260. The van der Waals surface area contributed by atoms with E-state index in [1.54, 1.807) is 25.3 Å². The molecule has 1 amide bonds. The molecule has 1 aromatic heterocycles. The third kappa shape index (κ3) is 6.55.